The van der Waals surface area contributed by atoms with E-state index >= 15 is 0 Å². The molecule has 5 nitrogen and oxygen atoms in total. The third-order valence-corrected chi connectivity index (χ3v) is 5.76. The number of nitrogens with zero attached hydrogens (tertiary/aromatic N) is 4. The summed E-state index contributed by atoms with van der Waals surface area (Å²) in [6.07, 6.45) is 13.1. The second kappa shape index (κ2) is 6.38. The number of imidazole rings is 1. The summed E-state index contributed by atoms with van der Waals surface area (Å²) in [6.45, 7) is 3.23. The minimum absolute atomic E-state index is 0.142. The zero-order chi connectivity index (χ0) is 16.5. The molecule has 2 aromatic rings. The summed E-state index contributed by atoms with van der Waals surface area (Å²) in [5, 5.41) is 0. The number of pyridine rings is 1. The molecule has 1 saturated heterocycles. The van der Waals surface area contributed by atoms with E-state index in [9.17, 15) is 4.79 Å². The molecule has 2 aromatic heterocycles. The van der Waals surface area contributed by atoms with Crippen LogP contribution in [0, 0.1) is 11.8 Å². The fourth-order valence-corrected chi connectivity index (χ4v) is 4.39. The molecule has 1 aliphatic carbocycles. The second-order valence-electron chi connectivity index (χ2n) is 7.16. The van der Waals surface area contributed by atoms with Crippen LogP contribution in [0.1, 0.15) is 49.4 Å². The van der Waals surface area contributed by atoms with E-state index in [-0.39, 0.29) is 5.91 Å². The molecule has 0 radical (unpaired) electrons. The average molecular weight is 324 g/mol. The Morgan fingerprint density at radius 3 is 2.83 bits per heavy atom. The number of rotatable bonds is 2. The van der Waals surface area contributed by atoms with Gasteiger partial charge in [-0.15, -0.1) is 0 Å². The Morgan fingerprint density at radius 2 is 2.08 bits per heavy atom. The van der Waals surface area contributed by atoms with E-state index in [2.05, 4.69) is 21.8 Å². The van der Waals surface area contributed by atoms with E-state index in [1.54, 1.807) is 18.7 Å². The van der Waals surface area contributed by atoms with Gasteiger partial charge in [0.15, 0.2) is 0 Å². The maximum atomic E-state index is 13.0. The molecule has 0 unspecified atom stereocenters. The molecule has 2 aliphatic rings. The van der Waals surface area contributed by atoms with Gasteiger partial charge in [0.05, 0.1) is 5.56 Å². The van der Waals surface area contributed by atoms with Gasteiger partial charge in [-0.1, -0.05) is 19.8 Å². The van der Waals surface area contributed by atoms with Gasteiger partial charge >= 0.3 is 0 Å². The molecule has 24 heavy (non-hydrogen) atoms. The van der Waals surface area contributed by atoms with Crippen LogP contribution < -0.4 is 0 Å². The summed E-state index contributed by atoms with van der Waals surface area (Å²) in [5.74, 6) is 2.34. The van der Waals surface area contributed by atoms with Gasteiger partial charge in [0.2, 0.25) is 0 Å². The Balaban J connectivity index is 1.54. The van der Waals surface area contributed by atoms with Gasteiger partial charge < -0.3 is 4.90 Å². The standard InChI is InChI=1S/C19H24N4O/c1-14-8-10-23(17-5-3-2-4-16(14)17)19(24)15-6-7-18(21-12-15)22-11-9-20-13-22/h6-7,9,11-14,16-17H,2-5,8,10H2,1H3/t14-,16+,17-/m1/s1. The smallest absolute Gasteiger partial charge is 0.255 e. The highest BCUT2D eigenvalue weighted by Gasteiger charge is 2.39. The first-order valence-corrected chi connectivity index (χ1v) is 8.99. The summed E-state index contributed by atoms with van der Waals surface area (Å²) in [4.78, 5) is 23.6. The Hall–Kier alpha value is -2.17. The number of amides is 1. The minimum atomic E-state index is 0.142. The molecule has 0 bridgehead atoms. The molecule has 2 fully saturated rings. The maximum absolute atomic E-state index is 13.0. The van der Waals surface area contributed by atoms with Crippen molar-refractivity contribution in [1.82, 2.24) is 19.4 Å². The molecule has 4 rings (SSSR count). The van der Waals surface area contributed by atoms with E-state index < -0.39 is 0 Å². The topological polar surface area (TPSA) is 51.0 Å². The number of fused-ring (bicyclic) bond motifs is 1. The number of piperidine rings is 1. The fraction of sp³-hybridized carbons (Fsp3) is 0.526. The van der Waals surface area contributed by atoms with Crippen LogP contribution in [0.15, 0.2) is 37.1 Å². The van der Waals surface area contributed by atoms with E-state index in [0.717, 1.165) is 31.1 Å². The third-order valence-electron chi connectivity index (χ3n) is 5.76. The molecular formula is C19H24N4O. The molecule has 0 N–H and O–H groups in total. The van der Waals surface area contributed by atoms with Crippen molar-refractivity contribution in [3.63, 3.8) is 0 Å². The van der Waals surface area contributed by atoms with Crippen molar-refractivity contribution < 1.29 is 4.79 Å². The van der Waals surface area contributed by atoms with E-state index in [1.165, 1.54) is 19.3 Å². The zero-order valence-corrected chi connectivity index (χ0v) is 14.1. The quantitative estimate of drug-likeness (QED) is 0.851. The lowest BCUT2D eigenvalue weighted by molar-refractivity contribution is 0.0217. The Kier molecular flexibility index (Phi) is 4.08. The van der Waals surface area contributed by atoms with Gasteiger partial charge in [0.1, 0.15) is 12.1 Å². The predicted molar refractivity (Wildman–Crippen MR) is 91.9 cm³/mol. The zero-order valence-electron chi connectivity index (χ0n) is 14.1. The van der Waals surface area contributed by atoms with Crippen LogP contribution in [0.25, 0.3) is 5.82 Å². The number of hydrogen-bond donors (Lipinski definition) is 0. The van der Waals surface area contributed by atoms with Crippen molar-refractivity contribution in [3.8, 4) is 5.82 Å². The van der Waals surface area contributed by atoms with Crippen molar-refractivity contribution in [2.24, 2.45) is 11.8 Å². The highest BCUT2D eigenvalue weighted by molar-refractivity contribution is 5.94. The van der Waals surface area contributed by atoms with Crippen LogP contribution in [0.3, 0.4) is 0 Å². The number of carbonyl (C=O) groups is 1. The van der Waals surface area contributed by atoms with Gasteiger partial charge in [0.25, 0.3) is 5.91 Å². The maximum Gasteiger partial charge on any atom is 0.255 e. The molecule has 126 valence electrons. The fourth-order valence-electron chi connectivity index (χ4n) is 4.39. The lowest BCUT2D eigenvalue weighted by Crippen LogP contribution is -2.52. The van der Waals surface area contributed by atoms with Gasteiger partial charge in [0, 0.05) is 31.2 Å². The molecule has 1 amide bonds. The van der Waals surface area contributed by atoms with Crippen LogP contribution >= 0.6 is 0 Å². The van der Waals surface area contributed by atoms with Gasteiger partial charge in [-0.05, 0) is 43.2 Å². The molecule has 0 aromatic carbocycles. The largest absolute Gasteiger partial charge is 0.335 e. The first kappa shape index (κ1) is 15.4. The summed E-state index contributed by atoms with van der Waals surface area (Å²) in [5.41, 5.74) is 0.692. The van der Waals surface area contributed by atoms with E-state index in [4.69, 9.17) is 0 Å². The number of likely N-dealkylation sites (tertiary alicyclic amines) is 1. The highest BCUT2D eigenvalue weighted by atomic mass is 16.2. The Bertz CT molecular complexity index is 695. The number of carbonyl (C=O) groups excluding carboxylic acids is 1. The number of aromatic nitrogens is 3. The van der Waals surface area contributed by atoms with Gasteiger partial charge in [-0.2, -0.15) is 0 Å². The summed E-state index contributed by atoms with van der Waals surface area (Å²) in [7, 11) is 0. The second-order valence-corrected chi connectivity index (χ2v) is 7.16. The van der Waals surface area contributed by atoms with E-state index in [1.807, 2.05) is 22.9 Å². The Morgan fingerprint density at radius 1 is 1.21 bits per heavy atom. The van der Waals surface area contributed by atoms with Crippen molar-refractivity contribution in [2.75, 3.05) is 6.54 Å². The molecular weight excluding hydrogens is 300 g/mol. The van der Waals surface area contributed by atoms with Crippen molar-refractivity contribution in [1.29, 1.82) is 0 Å². The molecule has 3 heterocycles. The van der Waals surface area contributed by atoms with Gasteiger partial charge in [-0.25, -0.2) is 9.97 Å². The van der Waals surface area contributed by atoms with Crippen molar-refractivity contribution in [2.45, 2.75) is 45.1 Å². The normalized spacial score (nSPS) is 26.9. The molecule has 1 saturated carbocycles. The first-order valence-electron chi connectivity index (χ1n) is 8.99. The molecule has 3 atom stereocenters. The Labute approximate surface area is 142 Å². The predicted octanol–water partition coefficient (Wildman–Crippen LogP) is 3.31. The number of hydrogen-bond acceptors (Lipinski definition) is 3. The van der Waals surface area contributed by atoms with Gasteiger partial charge in [-0.3, -0.25) is 9.36 Å². The average Bonchev–Trinajstić information content (AvgIpc) is 3.17. The molecule has 0 spiro atoms. The highest BCUT2D eigenvalue weighted by Crippen LogP contribution is 2.39. The van der Waals surface area contributed by atoms with Crippen molar-refractivity contribution >= 4 is 5.91 Å². The van der Waals surface area contributed by atoms with Crippen molar-refractivity contribution in [3.05, 3.63) is 42.6 Å². The molecule has 1 aliphatic heterocycles. The SMILES string of the molecule is C[C@@H]1CCN(C(=O)c2ccc(-n3ccnc3)nc2)[C@@H]2CCCC[C@@H]12. The van der Waals surface area contributed by atoms with Crippen LogP contribution in [0.5, 0.6) is 0 Å². The summed E-state index contributed by atoms with van der Waals surface area (Å²) < 4.78 is 1.84. The van der Waals surface area contributed by atoms with E-state index in [0.29, 0.717) is 17.5 Å². The lowest BCUT2D eigenvalue weighted by atomic mass is 9.72. The third kappa shape index (κ3) is 2.72. The van der Waals surface area contributed by atoms with Crippen LogP contribution in [0.4, 0.5) is 0 Å². The first-order chi connectivity index (χ1) is 11.7. The summed E-state index contributed by atoms with van der Waals surface area (Å²) >= 11 is 0. The molecule has 5 heteroatoms. The summed E-state index contributed by atoms with van der Waals surface area (Å²) in [6, 6.07) is 4.20. The monoisotopic (exact) mass is 324 g/mol. The lowest BCUT2D eigenvalue weighted by Gasteiger charge is -2.47. The minimum Gasteiger partial charge on any atom is -0.335 e. The van der Waals surface area contributed by atoms with Crippen LogP contribution in [0.2, 0.25) is 0 Å². The van der Waals surface area contributed by atoms with Crippen LogP contribution in [-0.4, -0.2) is 37.9 Å². The van der Waals surface area contributed by atoms with Crippen LogP contribution in [-0.2, 0) is 0 Å².